The zero-order valence-electron chi connectivity index (χ0n) is 13.3. The summed E-state index contributed by atoms with van der Waals surface area (Å²) < 4.78 is 0. The van der Waals surface area contributed by atoms with Crippen molar-refractivity contribution >= 4 is 11.6 Å². The Kier molecular flexibility index (Phi) is 10.8. The molecule has 0 aromatic heterocycles. The van der Waals surface area contributed by atoms with Crippen LogP contribution in [-0.4, -0.2) is 11.6 Å². The molecule has 0 atom stereocenters. The van der Waals surface area contributed by atoms with E-state index in [4.69, 9.17) is 0 Å². The van der Waals surface area contributed by atoms with Crippen molar-refractivity contribution in [3.8, 4) is 0 Å². The van der Waals surface area contributed by atoms with Crippen LogP contribution in [0.2, 0.25) is 0 Å². The summed E-state index contributed by atoms with van der Waals surface area (Å²) in [6.45, 7) is 8.36. The summed E-state index contributed by atoms with van der Waals surface area (Å²) in [5.41, 5.74) is 0. The first-order valence-corrected chi connectivity index (χ1v) is 7.95. The van der Waals surface area contributed by atoms with Crippen molar-refractivity contribution in [1.29, 1.82) is 0 Å². The highest BCUT2D eigenvalue weighted by Gasteiger charge is 2.06. The second-order valence-corrected chi connectivity index (χ2v) is 6.54. The standard InChI is InChI=1S/C17H32O2/c1-14(2)12-16(18)10-8-6-5-7-9-11-17(19)13-15(3)4/h14-15H,5-13H2,1-4H3. The summed E-state index contributed by atoms with van der Waals surface area (Å²) >= 11 is 0. The molecular weight excluding hydrogens is 236 g/mol. The van der Waals surface area contributed by atoms with Gasteiger partial charge >= 0.3 is 0 Å². The van der Waals surface area contributed by atoms with Gasteiger partial charge in [0.25, 0.3) is 0 Å². The van der Waals surface area contributed by atoms with Crippen LogP contribution in [0, 0.1) is 11.8 Å². The lowest BCUT2D eigenvalue weighted by molar-refractivity contribution is -0.120. The van der Waals surface area contributed by atoms with E-state index in [1.54, 1.807) is 0 Å². The first-order chi connectivity index (χ1) is 8.91. The minimum atomic E-state index is 0.405. The van der Waals surface area contributed by atoms with Gasteiger partial charge in [-0.25, -0.2) is 0 Å². The molecule has 19 heavy (non-hydrogen) atoms. The van der Waals surface area contributed by atoms with Gasteiger partial charge in [-0.2, -0.15) is 0 Å². The van der Waals surface area contributed by atoms with Gasteiger partial charge in [-0.1, -0.05) is 47.0 Å². The van der Waals surface area contributed by atoms with E-state index in [0.29, 0.717) is 23.4 Å². The molecule has 0 aliphatic heterocycles. The number of carbonyl (C=O) groups is 2. The summed E-state index contributed by atoms with van der Waals surface area (Å²) in [6, 6.07) is 0. The van der Waals surface area contributed by atoms with Crippen LogP contribution < -0.4 is 0 Å². The highest BCUT2D eigenvalue weighted by Crippen LogP contribution is 2.12. The predicted molar refractivity (Wildman–Crippen MR) is 81.2 cm³/mol. The number of hydrogen-bond acceptors (Lipinski definition) is 2. The predicted octanol–water partition coefficient (Wildman–Crippen LogP) is 4.95. The third kappa shape index (κ3) is 13.6. The summed E-state index contributed by atoms with van der Waals surface area (Å²) in [5, 5.41) is 0. The van der Waals surface area contributed by atoms with Crippen LogP contribution in [0.25, 0.3) is 0 Å². The lowest BCUT2D eigenvalue weighted by Gasteiger charge is -2.05. The summed E-state index contributed by atoms with van der Waals surface area (Å²) in [5.74, 6) is 1.78. The Morgan fingerprint density at radius 2 is 0.947 bits per heavy atom. The highest BCUT2D eigenvalue weighted by atomic mass is 16.1. The molecule has 0 saturated carbocycles. The van der Waals surface area contributed by atoms with Crippen molar-refractivity contribution in [3.63, 3.8) is 0 Å². The summed E-state index contributed by atoms with van der Waals surface area (Å²) in [7, 11) is 0. The quantitative estimate of drug-likeness (QED) is 0.469. The van der Waals surface area contributed by atoms with Crippen molar-refractivity contribution in [2.24, 2.45) is 11.8 Å². The summed E-state index contributed by atoms with van der Waals surface area (Å²) in [6.07, 6.45) is 8.38. The van der Waals surface area contributed by atoms with Crippen molar-refractivity contribution in [1.82, 2.24) is 0 Å². The van der Waals surface area contributed by atoms with Gasteiger partial charge in [0.15, 0.2) is 0 Å². The molecule has 0 bridgehead atoms. The first kappa shape index (κ1) is 18.3. The van der Waals surface area contributed by atoms with Gasteiger partial charge in [-0.3, -0.25) is 9.59 Å². The Balaban J connectivity index is 3.32. The maximum absolute atomic E-state index is 11.5. The Hall–Kier alpha value is -0.660. The van der Waals surface area contributed by atoms with Gasteiger partial charge in [0, 0.05) is 25.7 Å². The second-order valence-electron chi connectivity index (χ2n) is 6.54. The number of carbonyl (C=O) groups excluding carboxylic acids is 2. The van der Waals surface area contributed by atoms with Crippen molar-refractivity contribution < 1.29 is 9.59 Å². The van der Waals surface area contributed by atoms with E-state index >= 15 is 0 Å². The van der Waals surface area contributed by atoms with E-state index in [9.17, 15) is 9.59 Å². The summed E-state index contributed by atoms with van der Waals surface area (Å²) in [4.78, 5) is 23.0. The van der Waals surface area contributed by atoms with Gasteiger partial charge in [0.05, 0.1) is 0 Å². The fraction of sp³-hybridized carbons (Fsp3) is 0.882. The number of Topliss-reactive ketones (excluding diaryl/α,β-unsaturated/α-hetero) is 2. The highest BCUT2D eigenvalue weighted by molar-refractivity contribution is 5.78. The lowest BCUT2D eigenvalue weighted by Crippen LogP contribution is -2.03. The van der Waals surface area contributed by atoms with E-state index < -0.39 is 0 Å². The van der Waals surface area contributed by atoms with Crippen LogP contribution in [0.3, 0.4) is 0 Å². The van der Waals surface area contributed by atoms with Crippen molar-refractivity contribution in [3.05, 3.63) is 0 Å². The fourth-order valence-corrected chi connectivity index (χ4v) is 2.29. The third-order valence-electron chi connectivity index (χ3n) is 3.18. The molecule has 2 nitrogen and oxygen atoms in total. The van der Waals surface area contributed by atoms with E-state index in [2.05, 4.69) is 27.7 Å². The second kappa shape index (κ2) is 11.2. The van der Waals surface area contributed by atoms with Gasteiger partial charge in [0.1, 0.15) is 11.6 Å². The Bertz CT molecular complexity index is 228. The monoisotopic (exact) mass is 268 g/mol. The van der Waals surface area contributed by atoms with Crippen LogP contribution in [0.1, 0.15) is 85.5 Å². The molecule has 0 heterocycles. The molecule has 0 aliphatic carbocycles. The Morgan fingerprint density at radius 1 is 0.632 bits per heavy atom. The van der Waals surface area contributed by atoms with E-state index in [1.807, 2.05) is 0 Å². The van der Waals surface area contributed by atoms with Crippen LogP contribution >= 0.6 is 0 Å². The molecule has 112 valence electrons. The van der Waals surface area contributed by atoms with Crippen molar-refractivity contribution in [2.75, 3.05) is 0 Å². The van der Waals surface area contributed by atoms with Gasteiger partial charge in [-0.15, -0.1) is 0 Å². The van der Waals surface area contributed by atoms with Crippen LogP contribution in [0.4, 0.5) is 0 Å². The van der Waals surface area contributed by atoms with E-state index in [0.717, 1.165) is 57.8 Å². The molecule has 2 heteroatoms. The zero-order chi connectivity index (χ0) is 14.7. The largest absolute Gasteiger partial charge is 0.300 e. The van der Waals surface area contributed by atoms with E-state index in [-0.39, 0.29) is 0 Å². The Morgan fingerprint density at radius 3 is 1.26 bits per heavy atom. The molecule has 0 aromatic carbocycles. The molecule has 0 saturated heterocycles. The van der Waals surface area contributed by atoms with Crippen molar-refractivity contribution in [2.45, 2.75) is 85.5 Å². The van der Waals surface area contributed by atoms with Gasteiger partial charge < -0.3 is 0 Å². The number of rotatable bonds is 12. The minimum absolute atomic E-state index is 0.405. The average Bonchev–Trinajstić information content (AvgIpc) is 2.25. The minimum Gasteiger partial charge on any atom is -0.300 e. The molecule has 0 aromatic rings. The average molecular weight is 268 g/mol. The normalized spacial score (nSPS) is 11.3. The molecule has 0 fully saturated rings. The SMILES string of the molecule is CC(C)CC(=O)CCCCCCCC(=O)CC(C)C. The van der Waals surface area contributed by atoms with Crippen LogP contribution in [-0.2, 0) is 9.59 Å². The molecule has 0 amide bonds. The van der Waals surface area contributed by atoms with Crippen LogP contribution in [0.5, 0.6) is 0 Å². The number of unbranched alkanes of at least 4 members (excludes halogenated alkanes) is 4. The number of ketones is 2. The molecule has 0 rings (SSSR count). The maximum atomic E-state index is 11.5. The molecule has 0 spiro atoms. The van der Waals surface area contributed by atoms with Crippen LogP contribution in [0.15, 0.2) is 0 Å². The van der Waals surface area contributed by atoms with Gasteiger partial charge in [0.2, 0.25) is 0 Å². The van der Waals surface area contributed by atoms with Gasteiger partial charge in [-0.05, 0) is 24.7 Å². The molecule has 0 radical (unpaired) electrons. The first-order valence-electron chi connectivity index (χ1n) is 7.95. The molecule has 0 N–H and O–H groups in total. The molecule has 0 unspecified atom stereocenters. The number of hydrogen-bond donors (Lipinski definition) is 0. The topological polar surface area (TPSA) is 34.1 Å². The molecular formula is C17H32O2. The smallest absolute Gasteiger partial charge is 0.133 e. The van der Waals surface area contributed by atoms with E-state index in [1.165, 1.54) is 0 Å². The third-order valence-corrected chi connectivity index (χ3v) is 3.18. The Labute approximate surface area is 119 Å². The zero-order valence-corrected chi connectivity index (χ0v) is 13.3. The molecule has 0 aliphatic rings. The lowest BCUT2D eigenvalue weighted by atomic mass is 10.00. The maximum Gasteiger partial charge on any atom is 0.133 e. The fourth-order valence-electron chi connectivity index (χ4n) is 2.29.